The van der Waals surface area contributed by atoms with E-state index in [0.29, 0.717) is 43.3 Å². The standard InChI is InChI=1S/C27H30ClN5O2/c1-21-19-30-25(20-29-21)27(35)33(12-10-22-6-3-2-4-7-22)13-11-26(34)32-16-14-31(15-17-32)24-9-5-8-23(28)18-24/h2-9,18-20H,10-17H2,1H3. The molecule has 1 aliphatic rings. The van der Waals surface area contributed by atoms with Crippen molar-refractivity contribution in [3.63, 3.8) is 0 Å². The Kier molecular flexibility index (Phi) is 8.32. The lowest BCUT2D eigenvalue weighted by molar-refractivity contribution is -0.131. The molecule has 0 N–H and O–H groups in total. The van der Waals surface area contributed by atoms with E-state index in [9.17, 15) is 9.59 Å². The topological polar surface area (TPSA) is 69.6 Å². The second-order valence-corrected chi connectivity index (χ2v) is 9.10. The zero-order valence-electron chi connectivity index (χ0n) is 19.9. The lowest BCUT2D eigenvalue weighted by atomic mass is 10.1. The van der Waals surface area contributed by atoms with E-state index in [1.165, 1.54) is 6.20 Å². The fourth-order valence-corrected chi connectivity index (χ4v) is 4.35. The van der Waals surface area contributed by atoms with E-state index in [1.54, 1.807) is 11.1 Å². The van der Waals surface area contributed by atoms with Gasteiger partial charge in [-0.05, 0) is 37.1 Å². The lowest BCUT2D eigenvalue weighted by Gasteiger charge is -2.36. The summed E-state index contributed by atoms with van der Waals surface area (Å²) in [7, 11) is 0. The summed E-state index contributed by atoms with van der Waals surface area (Å²) < 4.78 is 0. The van der Waals surface area contributed by atoms with Gasteiger partial charge in [0.2, 0.25) is 5.91 Å². The molecule has 0 bridgehead atoms. The number of aryl methyl sites for hydroxylation is 1. The maximum Gasteiger partial charge on any atom is 0.274 e. The van der Waals surface area contributed by atoms with Gasteiger partial charge in [-0.25, -0.2) is 4.98 Å². The average molecular weight is 492 g/mol. The minimum absolute atomic E-state index is 0.0586. The van der Waals surface area contributed by atoms with Crippen LogP contribution in [0.3, 0.4) is 0 Å². The van der Waals surface area contributed by atoms with Crippen molar-refractivity contribution in [3.05, 3.63) is 89.0 Å². The molecule has 0 spiro atoms. The van der Waals surface area contributed by atoms with Crippen LogP contribution in [-0.4, -0.2) is 70.9 Å². The van der Waals surface area contributed by atoms with Gasteiger partial charge in [0.25, 0.3) is 5.91 Å². The maximum absolute atomic E-state index is 13.2. The van der Waals surface area contributed by atoms with Crippen LogP contribution < -0.4 is 4.90 Å². The summed E-state index contributed by atoms with van der Waals surface area (Å²) in [4.78, 5) is 40.5. The molecule has 0 atom stereocenters. The molecule has 7 nitrogen and oxygen atoms in total. The average Bonchev–Trinajstić information content (AvgIpc) is 2.89. The van der Waals surface area contributed by atoms with Crippen molar-refractivity contribution < 1.29 is 9.59 Å². The van der Waals surface area contributed by atoms with Crippen LogP contribution in [0.4, 0.5) is 5.69 Å². The van der Waals surface area contributed by atoms with Crippen LogP contribution in [0.2, 0.25) is 5.02 Å². The summed E-state index contributed by atoms with van der Waals surface area (Å²) in [5, 5.41) is 0.708. The summed E-state index contributed by atoms with van der Waals surface area (Å²) in [6.45, 7) is 5.48. The summed E-state index contributed by atoms with van der Waals surface area (Å²) in [6, 6.07) is 17.8. The second-order valence-electron chi connectivity index (χ2n) is 8.67. The molecule has 2 amide bonds. The number of carbonyl (C=O) groups is 2. The zero-order chi connectivity index (χ0) is 24.6. The number of hydrogen-bond donors (Lipinski definition) is 0. The zero-order valence-corrected chi connectivity index (χ0v) is 20.7. The van der Waals surface area contributed by atoms with Crippen LogP contribution in [0.15, 0.2) is 67.0 Å². The molecule has 4 rings (SSSR count). The Balaban J connectivity index is 1.35. The van der Waals surface area contributed by atoms with Crippen LogP contribution in [0, 0.1) is 6.92 Å². The highest BCUT2D eigenvalue weighted by atomic mass is 35.5. The number of hydrogen-bond acceptors (Lipinski definition) is 5. The van der Waals surface area contributed by atoms with Crippen LogP contribution in [0.25, 0.3) is 0 Å². The van der Waals surface area contributed by atoms with Gasteiger partial charge in [-0.1, -0.05) is 48.0 Å². The third kappa shape index (κ3) is 6.79. The lowest BCUT2D eigenvalue weighted by Crippen LogP contribution is -2.49. The minimum Gasteiger partial charge on any atom is -0.368 e. The number of rotatable bonds is 8. The van der Waals surface area contributed by atoms with E-state index in [1.807, 2.05) is 66.4 Å². The van der Waals surface area contributed by atoms with Gasteiger partial charge in [0.05, 0.1) is 11.9 Å². The number of aromatic nitrogens is 2. The molecule has 1 aromatic heterocycles. The van der Waals surface area contributed by atoms with Gasteiger partial charge in [0.1, 0.15) is 5.69 Å². The van der Waals surface area contributed by atoms with Crippen molar-refractivity contribution in [1.82, 2.24) is 19.8 Å². The summed E-state index contributed by atoms with van der Waals surface area (Å²) in [6.07, 6.45) is 4.08. The highest BCUT2D eigenvalue weighted by Gasteiger charge is 2.24. The van der Waals surface area contributed by atoms with Crippen molar-refractivity contribution >= 4 is 29.1 Å². The molecule has 3 aromatic rings. The molecule has 1 saturated heterocycles. The first-order valence-electron chi connectivity index (χ1n) is 11.9. The smallest absolute Gasteiger partial charge is 0.274 e. The van der Waals surface area contributed by atoms with E-state index in [0.717, 1.165) is 30.0 Å². The molecule has 0 aliphatic carbocycles. The second kappa shape index (κ2) is 11.8. The van der Waals surface area contributed by atoms with Crippen LogP contribution >= 0.6 is 11.6 Å². The van der Waals surface area contributed by atoms with Gasteiger partial charge >= 0.3 is 0 Å². The highest BCUT2D eigenvalue weighted by Crippen LogP contribution is 2.21. The first-order valence-corrected chi connectivity index (χ1v) is 12.3. The van der Waals surface area contributed by atoms with Crippen LogP contribution in [-0.2, 0) is 11.2 Å². The largest absolute Gasteiger partial charge is 0.368 e. The molecule has 8 heteroatoms. The fourth-order valence-electron chi connectivity index (χ4n) is 4.16. The minimum atomic E-state index is -0.202. The van der Waals surface area contributed by atoms with E-state index < -0.39 is 0 Å². The number of piperazine rings is 1. The summed E-state index contributed by atoms with van der Waals surface area (Å²) in [5.74, 6) is -0.143. The Morgan fingerprint density at radius 2 is 1.71 bits per heavy atom. The van der Waals surface area contributed by atoms with E-state index >= 15 is 0 Å². The van der Waals surface area contributed by atoms with Gasteiger partial charge in [-0.15, -0.1) is 0 Å². The van der Waals surface area contributed by atoms with E-state index in [4.69, 9.17) is 11.6 Å². The Morgan fingerprint density at radius 3 is 2.40 bits per heavy atom. The third-order valence-electron chi connectivity index (χ3n) is 6.20. The Morgan fingerprint density at radius 1 is 0.943 bits per heavy atom. The number of halogens is 1. The van der Waals surface area contributed by atoms with Crippen molar-refractivity contribution in [2.45, 2.75) is 19.8 Å². The van der Waals surface area contributed by atoms with Gasteiger partial charge in [-0.2, -0.15) is 0 Å². The molecule has 0 saturated carbocycles. The molecule has 2 heterocycles. The molecular formula is C27H30ClN5O2. The fraction of sp³-hybridized carbons (Fsp3) is 0.333. The Bertz CT molecular complexity index is 1130. The highest BCUT2D eigenvalue weighted by molar-refractivity contribution is 6.30. The SMILES string of the molecule is Cc1cnc(C(=O)N(CCC(=O)N2CCN(c3cccc(Cl)c3)CC2)CCc2ccccc2)cn1. The van der Waals surface area contributed by atoms with Crippen molar-refractivity contribution in [2.24, 2.45) is 0 Å². The predicted molar refractivity (Wildman–Crippen MR) is 138 cm³/mol. The molecular weight excluding hydrogens is 462 g/mol. The Labute approximate surface area is 211 Å². The van der Waals surface area contributed by atoms with E-state index in [-0.39, 0.29) is 18.2 Å². The number of anilines is 1. The molecule has 2 aromatic carbocycles. The van der Waals surface area contributed by atoms with Gasteiger partial charge in [0, 0.05) is 62.6 Å². The van der Waals surface area contributed by atoms with Gasteiger partial charge in [0.15, 0.2) is 0 Å². The normalized spacial score (nSPS) is 13.5. The third-order valence-corrected chi connectivity index (χ3v) is 6.44. The van der Waals surface area contributed by atoms with Crippen LogP contribution in [0.5, 0.6) is 0 Å². The first kappa shape index (κ1) is 24.7. The number of amides is 2. The molecule has 35 heavy (non-hydrogen) atoms. The maximum atomic E-state index is 13.2. The Hall–Kier alpha value is -3.45. The summed E-state index contributed by atoms with van der Waals surface area (Å²) >= 11 is 6.12. The van der Waals surface area contributed by atoms with E-state index in [2.05, 4.69) is 14.9 Å². The number of nitrogens with zero attached hydrogens (tertiary/aromatic N) is 5. The van der Waals surface area contributed by atoms with Crippen LogP contribution in [0.1, 0.15) is 28.2 Å². The van der Waals surface area contributed by atoms with Crippen molar-refractivity contribution in [3.8, 4) is 0 Å². The number of carbonyl (C=O) groups excluding carboxylic acids is 2. The molecule has 1 aliphatic heterocycles. The first-order chi connectivity index (χ1) is 17.0. The predicted octanol–water partition coefficient (Wildman–Crippen LogP) is 3.86. The molecule has 0 unspecified atom stereocenters. The summed E-state index contributed by atoms with van der Waals surface area (Å²) in [5.41, 5.74) is 3.26. The monoisotopic (exact) mass is 491 g/mol. The van der Waals surface area contributed by atoms with Gasteiger partial charge < -0.3 is 14.7 Å². The van der Waals surface area contributed by atoms with Crippen molar-refractivity contribution in [1.29, 1.82) is 0 Å². The molecule has 1 fully saturated rings. The van der Waals surface area contributed by atoms with Crippen molar-refractivity contribution in [2.75, 3.05) is 44.2 Å². The van der Waals surface area contributed by atoms with Gasteiger partial charge in [-0.3, -0.25) is 14.6 Å². The quantitative estimate of drug-likeness (QED) is 0.478. The number of benzene rings is 2. The molecule has 0 radical (unpaired) electrons. The molecule has 182 valence electrons.